The molecule has 0 spiro atoms. The molecule has 0 aromatic heterocycles. The SMILES string of the molecule is CNC1CCN(S(=O)(=O)c2ccc(C(F)(F)F)c(F)c2)CC1. The van der Waals surface area contributed by atoms with Gasteiger partial charge in [0.05, 0.1) is 10.5 Å². The zero-order chi connectivity index (χ0) is 16.5. The molecule has 4 nitrogen and oxygen atoms in total. The predicted octanol–water partition coefficient (Wildman–Crippen LogP) is 2.22. The minimum atomic E-state index is -4.85. The van der Waals surface area contributed by atoms with Gasteiger partial charge in [-0.1, -0.05) is 0 Å². The Kier molecular flexibility index (Phi) is 4.78. The topological polar surface area (TPSA) is 49.4 Å². The van der Waals surface area contributed by atoms with Crippen LogP contribution in [0.4, 0.5) is 17.6 Å². The van der Waals surface area contributed by atoms with E-state index in [0.717, 1.165) is 6.07 Å². The first-order valence-electron chi connectivity index (χ1n) is 6.70. The van der Waals surface area contributed by atoms with Crippen molar-refractivity contribution < 1.29 is 26.0 Å². The first-order valence-corrected chi connectivity index (χ1v) is 8.14. The highest BCUT2D eigenvalue weighted by atomic mass is 32.2. The molecule has 1 N–H and O–H groups in total. The molecule has 9 heteroatoms. The van der Waals surface area contributed by atoms with E-state index in [-0.39, 0.29) is 19.1 Å². The van der Waals surface area contributed by atoms with Crippen molar-refractivity contribution >= 4 is 10.0 Å². The number of piperidine rings is 1. The number of halogens is 4. The summed E-state index contributed by atoms with van der Waals surface area (Å²) in [6.07, 6.45) is -3.66. The molecule has 1 saturated heterocycles. The maximum absolute atomic E-state index is 13.5. The molecule has 1 aromatic carbocycles. The van der Waals surface area contributed by atoms with Crippen LogP contribution in [0.3, 0.4) is 0 Å². The average molecular weight is 340 g/mol. The van der Waals surface area contributed by atoms with Gasteiger partial charge in [-0.2, -0.15) is 17.5 Å². The highest BCUT2D eigenvalue weighted by Gasteiger charge is 2.36. The Hall–Kier alpha value is -1.19. The van der Waals surface area contributed by atoms with Gasteiger partial charge >= 0.3 is 6.18 Å². The summed E-state index contributed by atoms with van der Waals surface area (Å²) in [4.78, 5) is -0.457. The van der Waals surface area contributed by atoms with Crippen molar-refractivity contribution in [3.05, 3.63) is 29.6 Å². The molecule has 22 heavy (non-hydrogen) atoms. The number of sulfonamides is 1. The number of hydrogen-bond acceptors (Lipinski definition) is 3. The van der Waals surface area contributed by atoms with Gasteiger partial charge in [0.15, 0.2) is 0 Å². The third-order valence-corrected chi connectivity index (χ3v) is 5.64. The van der Waals surface area contributed by atoms with Crippen LogP contribution in [0.15, 0.2) is 23.1 Å². The normalized spacial score (nSPS) is 18.6. The molecular formula is C13H16F4N2O2S. The van der Waals surface area contributed by atoms with Gasteiger partial charge in [-0.25, -0.2) is 12.8 Å². The summed E-state index contributed by atoms with van der Waals surface area (Å²) < 4.78 is 76.9. The molecule has 0 saturated carbocycles. The lowest BCUT2D eigenvalue weighted by atomic mass is 10.1. The Morgan fingerprint density at radius 3 is 2.27 bits per heavy atom. The van der Waals surface area contributed by atoms with E-state index in [1.807, 2.05) is 0 Å². The lowest BCUT2D eigenvalue weighted by Crippen LogP contribution is -2.43. The van der Waals surface area contributed by atoms with Crippen LogP contribution in [0.25, 0.3) is 0 Å². The maximum Gasteiger partial charge on any atom is 0.419 e. The standard InChI is InChI=1S/C13H16F4N2O2S/c1-18-9-4-6-19(7-5-9)22(20,21)10-2-3-11(12(14)8-10)13(15,16)17/h2-3,8-9,18H,4-7H2,1H3. The van der Waals surface area contributed by atoms with Crippen molar-refractivity contribution in [1.82, 2.24) is 9.62 Å². The van der Waals surface area contributed by atoms with Crippen LogP contribution in [0, 0.1) is 5.82 Å². The molecular weight excluding hydrogens is 324 g/mol. The molecule has 0 unspecified atom stereocenters. The summed E-state index contributed by atoms with van der Waals surface area (Å²) in [5.74, 6) is -1.58. The zero-order valence-electron chi connectivity index (χ0n) is 11.8. The molecule has 0 amide bonds. The second-order valence-electron chi connectivity index (χ2n) is 5.11. The summed E-state index contributed by atoms with van der Waals surface area (Å²) in [7, 11) is -2.20. The second-order valence-corrected chi connectivity index (χ2v) is 7.04. The Morgan fingerprint density at radius 2 is 1.82 bits per heavy atom. The van der Waals surface area contributed by atoms with E-state index >= 15 is 0 Å². The second kappa shape index (κ2) is 6.13. The fourth-order valence-corrected chi connectivity index (χ4v) is 3.90. The summed E-state index contributed by atoms with van der Waals surface area (Å²) >= 11 is 0. The highest BCUT2D eigenvalue weighted by Crippen LogP contribution is 2.33. The van der Waals surface area contributed by atoms with E-state index < -0.39 is 32.5 Å². The third kappa shape index (κ3) is 3.41. The molecule has 1 aliphatic heterocycles. The van der Waals surface area contributed by atoms with Crippen LogP contribution >= 0.6 is 0 Å². The Labute approximate surface area is 126 Å². The van der Waals surface area contributed by atoms with Crippen LogP contribution in [-0.2, 0) is 16.2 Å². The van der Waals surface area contributed by atoms with Crippen molar-refractivity contribution in [2.45, 2.75) is 30.0 Å². The van der Waals surface area contributed by atoms with Crippen LogP contribution in [0.1, 0.15) is 18.4 Å². The zero-order valence-corrected chi connectivity index (χ0v) is 12.6. The van der Waals surface area contributed by atoms with E-state index in [1.165, 1.54) is 4.31 Å². The monoisotopic (exact) mass is 340 g/mol. The van der Waals surface area contributed by atoms with Crippen molar-refractivity contribution in [2.24, 2.45) is 0 Å². The lowest BCUT2D eigenvalue weighted by Gasteiger charge is -2.31. The van der Waals surface area contributed by atoms with E-state index in [1.54, 1.807) is 7.05 Å². The lowest BCUT2D eigenvalue weighted by molar-refractivity contribution is -0.140. The van der Waals surface area contributed by atoms with Gasteiger partial charge in [0, 0.05) is 19.1 Å². The average Bonchev–Trinajstić information content (AvgIpc) is 2.46. The van der Waals surface area contributed by atoms with E-state index in [4.69, 9.17) is 0 Å². The molecule has 0 radical (unpaired) electrons. The molecule has 0 atom stereocenters. The molecule has 124 valence electrons. The first-order chi connectivity index (χ1) is 10.2. The van der Waals surface area contributed by atoms with E-state index in [2.05, 4.69) is 5.32 Å². The molecule has 1 heterocycles. The molecule has 0 aliphatic carbocycles. The van der Waals surface area contributed by atoms with Crippen LogP contribution in [0.5, 0.6) is 0 Å². The minimum Gasteiger partial charge on any atom is -0.317 e. The van der Waals surface area contributed by atoms with Gasteiger partial charge < -0.3 is 5.32 Å². The van der Waals surface area contributed by atoms with Crippen molar-refractivity contribution in [3.8, 4) is 0 Å². The number of benzene rings is 1. The Bertz CT molecular complexity index is 638. The molecule has 0 bridgehead atoms. The number of hydrogen-bond donors (Lipinski definition) is 1. The third-order valence-electron chi connectivity index (χ3n) is 3.75. The summed E-state index contributed by atoms with van der Waals surface area (Å²) in [6.45, 7) is 0.493. The van der Waals surface area contributed by atoms with Crippen molar-refractivity contribution in [1.29, 1.82) is 0 Å². The van der Waals surface area contributed by atoms with Crippen LogP contribution < -0.4 is 5.32 Å². The summed E-state index contributed by atoms with van der Waals surface area (Å²) in [5.41, 5.74) is -1.47. The van der Waals surface area contributed by atoms with Gasteiger partial charge in [0.1, 0.15) is 5.82 Å². The van der Waals surface area contributed by atoms with Crippen LogP contribution in [-0.4, -0.2) is 38.9 Å². The van der Waals surface area contributed by atoms with Gasteiger partial charge in [-0.3, -0.25) is 0 Å². The molecule has 2 rings (SSSR count). The van der Waals surface area contributed by atoms with E-state index in [9.17, 15) is 26.0 Å². The van der Waals surface area contributed by atoms with Gasteiger partial charge in [-0.05, 0) is 38.1 Å². The largest absolute Gasteiger partial charge is 0.419 e. The predicted molar refractivity (Wildman–Crippen MR) is 72.2 cm³/mol. The summed E-state index contributed by atoms with van der Waals surface area (Å²) in [5, 5.41) is 3.04. The maximum atomic E-state index is 13.5. The number of alkyl halides is 3. The quantitative estimate of drug-likeness (QED) is 0.859. The van der Waals surface area contributed by atoms with Crippen LogP contribution in [0.2, 0.25) is 0 Å². The first kappa shape index (κ1) is 17.2. The fraction of sp³-hybridized carbons (Fsp3) is 0.538. The summed E-state index contributed by atoms with van der Waals surface area (Å²) in [6, 6.07) is 1.90. The molecule has 1 aliphatic rings. The fourth-order valence-electron chi connectivity index (χ4n) is 2.42. The highest BCUT2D eigenvalue weighted by molar-refractivity contribution is 7.89. The Morgan fingerprint density at radius 1 is 1.23 bits per heavy atom. The van der Waals surface area contributed by atoms with E-state index in [0.29, 0.717) is 25.0 Å². The molecule has 1 aromatic rings. The van der Waals surface area contributed by atoms with Crippen molar-refractivity contribution in [3.63, 3.8) is 0 Å². The number of nitrogens with one attached hydrogen (secondary N) is 1. The smallest absolute Gasteiger partial charge is 0.317 e. The van der Waals surface area contributed by atoms with Crippen molar-refractivity contribution in [2.75, 3.05) is 20.1 Å². The van der Waals surface area contributed by atoms with Gasteiger partial charge in [0.2, 0.25) is 10.0 Å². The van der Waals surface area contributed by atoms with Gasteiger partial charge in [-0.15, -0.1) is 0 Å². The minimum absolute atomic E-state index is 0.204. The number of nitrogens with zero attached hydrogens (tertiary/aromatic N) is 1. The van der Waals surface area contributed by atoms with Gasteiger partial charge in [0.25, 0.3) is 0 Å². The Balaban J connectivity index is 2.26. The number of rotatable bonds is 3. The molecule has 1 fully saturated rings.